The molecule has 0 aliphatic carbocycles. The van der Waals surface area contributed by atoms with Crippen molar-refractivity contribution in [2.75, 3.05) is 12.0 Å². The standard InChI is InChI=1S/C13H28IN3O/c1-7-10(2)17(16-9-14-5)11(3)8-13(18-6)12(4)15/h8-10,12-13,16H,7,15H2,1-6H3/b11-8+/t10-,12-,13?/m0/s1. The SMILES string of the molecule is CC[C@H](C)N(NC=IC)/C(C)=C/C(OC)[C@H](C)N. The van der Waals surface area contributed by atoms with E-state index in [0.717, 1.165) is 12.1 Å². The first-order valence-electron chi connectivity index (χ1n) is 6.29. The van der Waals surface area contributed by atoms with Crippen molar-refractivity contribution in [3.8, 4) is 0 Å². The Balaban J connectivity index is 4.91. The maximum atomic E-state index is 5.89. The summed E-state index contributed by atoms with van der Waals surface area (Å²) < 4.78 is 7.55. The van der Waals surface area contributed by atoms with E-state index in [-0.39, 0.29) is 32.9 Å². The number of hydrazine groups is 1. The van der Waals surface area contributed by atoms with Gasteiger partial charge in [-0.15, -0.1) is 20.7 Å². The molecule has 1 unspecified atom stereocenters. The fourth-order valence-electron chi connectivity index (χ4n) is 1.61. The first kappa shape index (κ1) is 18.0. The largest absolute Gasteiger partial charge is 0.376 e. The van der Waals surface area contributed by atoms with Crippen molar-refractivity contribution in [1.82, 2.24) is 10.4 Å². The molecule has 0 aromatic carbocycles. The van der Waals surface area contributed by atoms with Gasteiger partial charge in [-0.2, -0.15) is 0 Å². The lowest BCUT2D eigenvalue weighted by Crippen LogP contribution is -2.42. The van der Waals surface area contributed by atoms with Gasteiger partial charge in [0.05, 0.1) is 6.10 Å². The first-order valence-corrected chi connectivity index (χ1v) is 9.70. The lowest BCUT2D eigenvalue weighted by Gasteiger charge is -2.31. The van der Waals surface area contributed by atoms with Crippen LogP contribution in [0.2, 0.25) is 0 Å². The summed E-state index contributed by atoms with van der Waals surface area (Å²) in [7, 11) is 1.70. The highest BCUT2D eigenvalue weighted by atomic mass is 127. The predicted molar refractivity (Wildman–Crippen MR) is 88.9 cm³/mol. The molecular formula is C13H28IN3O. The van der Waals surface area contributed by atoms with Crippen molar-refractivity contribution in [2.45, 2.75) is 52.3 Å². The topological polar surface area (TPSA) is 50.5 Å². The summed E-state index contributed by atoms with van der Waals surface area (Å²) in [4.78, 5) is 2.22. The van der Waals surface area contributed by atoms with E-state index in [1.807, 2.05) is 6.92 Å². The number of hydrogen-bond acceptors (Lipinski definition) is 4. The number of alkyl halides is 1. The van der Waals surface area contributed by atoms with Crippen molar-refractivity contribution in [3.63, 3.8) is 0 Å². The second kappa shape index (κ2) is 9.89. The minimum atomic E-state index is -0.0466. The molecule has 18 heavy (non-hydrogen) atoms. The minimum absolute atomic E-state index is 0.00804. The third-order valence-corrected chi connectivity index (χ3v) is 3.81. The van der Waals surface area contributed by atoms with Crippen LogP contribution in [-0.4, -0.2) is 39.4 Å². The molecule has 0 radical (unpaired) electrons. The van der Waals surface area contributed by atoms with Gasteiger partial charge in [0, 0.05) is 29.0 Å². The van der Waals surface area contributed by atoms with Gasteiger partial charge in [-0.3, -0.25) is 0 Å². The van der Waals surface area contributed by atoms with Crippen LogP contribution in [0.15, 0.2) is 11.8 Å². The number of allylic oxidation sites excluding steroid dienone is 1. The third-order valence-electron chi connectivity index (χ3n) is 2.90. The first-order chi connectivity index (χ1) is 8.47. The number of nitrogens with one attached hydrogen (secondary N) is 1. The fraction of sp³-hybridized carbons (Fsp3) is 0.769. The van der Waals surface area contributed by atoms with Crippen LogP contribution in [-0.2, 0) is 4.74 Å². The Kier molecular flexibility index (Phi) is 9.90. The van der Waals surface area contributed by atoms with Gasteiger partial charge in [0.2, 0.25) is 0 Å². The molecule has 0 rings (SSSR count). The Labute approximate surface area is 122 Å². The summed E-state index contributed by atoms with van der Waals surface area (Å²) in [5, 5.41) is 2.19. The molecule has 3 atom stereocenters. The molecule has 108 valence electrons. The summed E-state index contributed by atoms with van der Waals surface area (Å²) in [6.45, 7) is 8.45. The highest BCUT2D eigenvalue weighted by molar-refractivity contribution is 14.2. The number of nitrogens with zero attached hydrogens (tertiary/aromatic N) is 1. The molecule has 5 heteroatoms. The Morgan fingerprint density at radius 1 is 1.50 bits per heavy atom. The molecule has 0 bridgehead atoms. The molecule has 0 saturated carbocycles. The van der Waals surface area contributed by atoms with E-state index in [2.05, 4.69) is 46.3 Å². The lowest BCUT2D eigenvalue weighted by atomic mass is 10.1. The second-order valence-corrected chi connectivity index (χ2v) is 6.32. The number of halogens is 1. The monoisotopic (exact) mass is 369 g/mol. The van der Waals surface area contributed by atoms with Gasteiger partial charge in [0.1, 0.15) is 0 Å². The van der Waals surface area contributed by atoms with Crippen LogP contribution in [0.4, 0.5) is 0 Å². The van der Waals surface area contributed by atoms with Crippen molar-refractivity contribution in [1.29, 1.82) is 0 Å². The Bertz CT molecular complexity index is 279. The van der Waals surface area contributed by atoms with Gasteiger partial charge in [-0.25, -0.2) is 5.43 Å². The Hall–Kier alpha value is 0.0200. The normalized spacial score (nSPS) is 18.3. The zero-order valence-corrected chi connectivity index (χ0v) is 14.6. The van der Waals surface area contributed by atoms with E-state index < -0.39 is 0 Å². The zero-order chi connectivity index (χ0) is 14.1. The average Bonchev–Trinajstić information content (AvgIpc) is 2.35. The van der Waals surface area contributed by atoms with Gasteiger partial charge in [-0.1, -0.05) is 6.92 Å². The lowest BCUT2D eigenvalue weighted by molar-refractivity contribution is 0.118. The van der Waals surface area contributed by atoms with Crippen molar-refractivity contribution in [2.24, 2.45) is 5.73 Å². The molecule has 0 aromatic rings. The molecule has 4 nitrogen and oxygen atoms in total. The molecule has 0 spiro atoms. The van der Waals surface area contributed by atoms with Crippen molar-refractivity contribution in [3.05, 3.63) is 11.8 Å². The summed E-state index contributed by atoms with van der Waals surface area (Å²) >= 11 is 0.119. The highest BCUT2D eigenvalue weighted by Gasteiger charge is 2.15. The number of ether oxygens (including phenoxy) is 1. The molecule has 0 aliphatic rings. The quantitative estimate of drug-likeness (QED) is 0.391. The van der Waals surface area contributed by atoms with Crippen LogP contribution in [0.3, 0.4) is 0 Å². The molecular weight excluding hydrogens is 341 g/mol. The van der Waals surface area contributed by atoms with Gasteiger partial charge in [0.15, 0.2) is 0 Å². The molecule has 0 amide bonds. The van der Waals surface area contributed by atoms with Crippen molar-refractivity contribution >= 4 is 24.9 Å². The average molecular weight is 369 g/mol. The van der Waals surface area contributed by atoms with Gasteiger partial charge < -0.3 is 15.5 Å². The molecule has 0 aromatic heterocycles. The minimum Gasteiger partial charge on any atom is -0.376 e. The number of methoxy groups -OCH3 is 1. The van der Waals surface area contributed by atoms with E-state index in [4.69, 9.17) is 10.5 Å². The summed E-state index contributed by atoms with van der Waals surface area (Å²) in [6, 6.07) is 0.435. The Morgan fingerprint density at radius 2 is 2.11 bits per heavy atom. The predicted octanol–water partition coefficient (Wildman–Crippen LogP) is 2.22. The van der Waals surface area contributed by atoms with E-state index in [1.54, 1.807) is 7.11 Å². The van der Waals surface area contributed by atoms with Gasteiger partial charge in [0.25, 0.3) is 0 Å². The van der Waals surface area contributed by atoms with Crippen LogP contribution >= 0.6 is 20.7 Å². The maximum Gasteiger partial charge on any atom is 0.0920 e. The summed E-state index contributed by atoms with van der Waals surface area (Å²) in [5.74, 6) is 0. The number of hydrogen-bond donors (Lipinski definition) is 2. The van der Waals surface area contributed by atoms with Crippen molar-refractivity contribution < 1.29 is 4.74 Å². The second-order valence-electron chi connectivity index (χ2n) is 4.45. The van der Waals surface area contributed by atoms with E-state index in [9.17, 15) is 0 Å². The smallest absolute Gasteiger partial charge is 0.0920 e. The van der Waals surface area contributed by atoms with Gasteiger partial charge >= 0.3 is 0 Å². The van der Waals surface area contributed by atoms with Crippen LogP contribution in [0.25, 0.3) is 0 Å². The van der Waals surface area contributed by atoms with E-state index in [1.165, 1.54) is 0 Å². The maximum absolute atomic E-state index is 5.89. The van der Waals surface area contributed by atoms with Crippen LogP contribution < -0.4 is 11.2 Å². The summed E-state index contributed by atoms with van der Waals surface area (Å²) in [6.07, 6.45) is 3.13. The van der Waals surface area contributed by atoms with E-state index >= 15 is 0 Å². The third kappa shape index (κ3) is 6.26. The molecule has 0 saturated heterocycles. The highest BCUT2D eigenvalue weighted by Crippen LogP contribution is 2.11. The van der Waals surface area contributed by atoms with Crippen LogP contribution in [0, 0.1) is 0 Å². The molecule has 0 heterocycles. The zero-order valence-electron chi connectivity index (χ0n) is 12.4. The van der Waals surface area contributed by atoms with Crippen LogP contribution in [0.1, 0.15) is 34.1 Å². The molecule has 0 aliphatic heterocycles. The van der Waals surface area contributed by atoms with Gasteiger partial charge in [-0.05, 0) is 38.2 Å². The molecule has 3 N–H and O–H groups in total. The summed E-state index contributed by atoms with van der Waals surface area (Å²) in [5.41, 5.74) is 10.4. The van der Waals surface area contributed by atoms with E-state index in [0.29, 0.717) is 6.04 Å². The number of rotatable bonds is 8. The number of nitrogens with two attached hydrogens (primary N) is 1. The molecule has 0 fully saturated rings. The Morgan fingerprint density at radius 3 is 2.50 bits per heavy atom. The fourth-order valence-corrected chi connectivity index (χ4v) is 2.19. The van der Waals surface area contributed by atoms with Crippen LogP contribution in [0.5, 0.6) is 0 Å².